The lowest BCUT2D eigenvalue weighted by Gasteiger charge is -2.11. The van der Waals surface area contributed by atoms with Crippen LogP contribution in [0.25, 0.3) is 0 Å². The fourth-order valence-electron chi connectivity index (χ4n) is 2.69. The Morgan fingerprint density at radius 1 is 0.967 bits per heavy atom. The van der Waals surface area contributed by atoms with Crippen LogP contribution in [0.2, 0.25) is 0 Å². The summed E-state index contributed by atoms with van der Waals surface area (Å²) in [5.41, 5.74) is 1.12. The standard InChI is InChI=1S/C23H21FN2O3S/c1-2-29-21-13-6-5-12-20(21)26-22(27)15-30-17-9-7-8-16(14-17)25-23(28)18-10-3-4-11-19(18)24/h3-14H,2,15H2,1H3,(H,25,28)(H,26,27). The first-order chi connectivity index (χ1) is 14.6. The lowest BCUT2D eigenvalue weighted by Crippen LogP contribution is -2.15. The molecule has 0 atom stereocenters. The molecule has 3 aromatic rings. The van der Waals surface area contributed by atoms with Gasteiger partial charge in [-0.2, -0.15) is 0 Å². The molecule has 0 aliphatic rings. The van der Waals surface area contributed by atoms with Crippen LogP contribution in [0, 0.1) is 5.82 Å². The minimum absolute atomic E-state index is 0.0251. The summed E-state index contributed by atoms with van der Waals surface area (Å²) in [5, 5.41) is 5.52. The number of ether oxygens (including phenoxy) is 1. The van der Waals surface area contributed by atoms with E-state index in [0.717, 1.165) is 4.90 Å². The number of para-hydroxylation sites is 2. The quantitative estimate of drug-likeness (QED) is 0.487. The van der Waals surface area contributed by atoms with Gasteiger partial charge in [-0.3, -0.25) is 9.59 Å². The zero-order chi connectivity index (χ0) is 21.3. The van der Waals surface area contributed by atoms with Gasteiger partial charge < -0.3 is 15.4 Å². The zero-order valence-corrected chi connectivity index (χ0v) is 17.2. The zero-order valence-electron chi connectivity index (χ0n) is 16.4. The van der Waals surface area contributed by atoms with Crippen molar-refractivity contribution in [1.29, 1.82) is 0 Å². The summed E-state index contributed by atoms with van der Waals surface area (Å²) in [6.07, 6.45) is 0. The topological polar surface area (TPSA) is 67.4 Å². The van der Waals surface area contributed by atoms with Crippen molar-refractivity contribution in [3.63, 3.8) is 0 Å². The minimum atomic E-state index is -0.579. The number of rotatable bonds is 8. The van der Waals surface area contributed by atoms with Crippen LogP contribution in [0.4, 0.5) is 15.8 Å². The van der Waals surface area contributed by atoms with E-state index >= 15 is 0 Å². The Hall–Kier alpha value is -3.32. The number of anilines is 2. The maximum Gasteiger partial charge on any atom is 0.258 e. The molecule has 154 valence electrons. The third-order valence-electron chi connectivity index (χ3n) is 4.04. The van der Waals surface area contributed by atoms with Crippen molar-refractivity contribution in [1.82, 2.24) is 0 Å². The number of hydrogen-bond donors (Lipinski definition) is 2. The SMILES string of the molecule is CCOc1ccccc1NC(=O)CSc1cccc(NC(=O)c2ccccc2F)c1. The lowest BCUT2D eigenvalue weighted by atomic mass is 10.2. The highest BCUT2D eigenvalue weighted by Crippen LogP contribution is 2.26. The number of carbonyl (C=O) groups is 2. The van der Waals surface area contributed by atoms with Crippen LogP contribution in [-0.4, -0.2) is 24.2 Å². The van der Waals surface area contributed by atoms with Gasteiger partial charge in [-0.05, 0) is 49.4 Å². The number of amides is 2. The number of halogens is 1. The molecular formula is C23H21FN2O3S. The number of nitrogens with one attached hydrogen (secondary N) is 2. The van der Waals surface area contributed by atoms with Crippen molar-refractivity contribution in [2.24, 2.45) is 0 Å². The van der Waals surface area contributed by atoms with Crippen molar-refractivity contribution in [2.45, 2.75) is 11.8 Å². The maximum atomic E-state index is 13.8. The summed E-state index contributed by atoms with van der Waals surface area (Å²) < 4.78 is 19.3. The van der Waals surface area contributed by atoms with Gasteiger partial charge in [-0.15, -0.1) is 11.8 Å². The fourth-order valence-corrected chi connectivity index (χ4v) is 3.45. The molecule has 5 nitrogen and oxygen atoms in total. The molecule has 2 amide bonds. The molecule has 0 fully saturated rings. The Morgan fingerprint density at radius 2 is 1.73 bits per heavy atom. The molecule has 3 aromatic carbocycles. The Balaban J connectivity index is 1.58. The van der Waals surface area contributed by atoms with Gasteiger partial charge in [-0.25, -0.2) is 4.39 Å². The van der Waals surface area contributed by atoms with E-state index in [2.05, 4.69) is 10.6 Å². The van der Waals surface area contributed by atoms with Gasteiger partial charge in [-0.1, -0.05) is 30.3 Å². The van der Waals surface area contributed by atoms with Crippen molar-refractivity contribution in [3.8, 4) is 5.75 Å². The molecule has 0 saturated carbocycles. The monoisotopic (exact) mass is 424 g/mol. The molecule has 0 aliphatic carbocycles. The predicted octanol–water partition coefficient (Wildman–Crippen LogP) is 5.21. The highest BCUT2D eigenvalue weighted by Gasteiger charge is 2.12. The Bertz CT molecular complexity index is 1040. The first-order valence-electron chi connectivity index (χ1n) is 9.37. The summed E-state index contributed by atoms with van der Waals surface area (Å²) in [4.78, 5) is 25.4. The van der Waals surface area contributed by atoms with E-state index < -0.39 is 11.7 Å². The molecular weight excluding hydrogens is 403 g/mol. The molecule has 0 saturated heterocycles. The maximum absolute atomic E-state index is 13.8. The summed E-state index contributed by atoms with van der Waals surface area (Å²) in [5.74, 6) is -0.472. The molecule has 30 heavy (non-hydrogen) atoms. The Labute approximate surface area is 178 Å². The van der Waals surface area contributed by atoms with E-state index in [4.69, 9.17) is 4.74 Å². The molecule has 0 aliphatic heterocycles. The first-order valence-corrected chi connectivity index (χ1v) is 10.4. The summed E-state index contributed by atoms with van der Waals surface area (Å²) in [6.45, 7) is 2.39. The number of hydrogen-bond acceptors (Lipinski definition) is 4. The molecule has 0 radical (unpaired) electrons. The largest absolute Gasteiger partial charge is 0.492 e. The van der Waals surface area contributed by atoms with Gasteiger partial charge in [0, 0.05) is 10.6 Å². The highest BCUT2D eigenvalue weighted by molar-refractivity contribution is 8.00. The van der Waals surface area contributed by atoms with Crippen molar-refractivity contribution in [3.05, 3.63) is 84.2 Å². The smallest absolute Gasteiger partial charge is 0.258 e. The van der Waals surface area contributed by atoms with E-state index in [0.29, 0.717) is 23.7 Å². The molecule has 0 heterocycles. The summed E-state index contributed by atoms with van der Waals surface area (Å²) >= 11 is 1.33. The molecule has 7 heteroatoms. The molecule has 0 spiro atoms. The molecule has 3 rings (SSSR count). The lowest BCUT2D eigenvalue weighted by molar-refractivity contribution is -0.113. The number of carbonyl (C=O) groups excluding carboxylic acids is 2. The van der Waals surface area contributed by atoms with Gasteiger partial charge in [0.05, 0.1) is 23.6 Å². The van der Waals surface area contributed by atoms with Crippen molar-refractivity contribution < 1.29 is 18.7 Å². The summed E-state index contributed by atoms with van der Waals surface area (Å²) in [6, 6.07) is 20.1. The van der Waals surface area contributed by atoms with Gasteiger partial charge >= 0.3 is 0 Å². The van der Waals surface area contributed by atoms with Crippen LogP contribution in [0.15, 0.2) is 77.7 Å². The van der Waals surface area contributed by atoms with E-state index in [1.807, 2.05) is 25.1 Å². The average Bonchev–Trinajstić information content (AvgIpc) is 2.74. The van der Waals surface area contributed by atoms with E-state index in [-0.39, 0.29) is 17.2 Å². The number of thioether (sulfide) groups is 1. The second kappa shape index (κ2) is 10.5. The van der Waals surface area contributed by atoms with Crippen molar-refractivity contribution >= 4 is 35.0 Å². The van der Waals surface area contributed by atoms with Gasteiger partial charge in [0.1, 0.15) is 11.6 Å². The average molecular weight is 424 g/mol. The van der Waals surface area contributed by atoms with Crippen LogP contribution in [0.3, 0.4) is 0 Å². The second-order valence-electron chi connectivity index (χ2n) is 6.23. The molecule has 0 aromatic heterocycles. The Kier molecular flexibility index (Phi) is 7.45. The second-order valence-corrected chi connectivity index (χ2v) is 7.28. The first kappa shape index (κ1) is 21.4. The normalized spacial score (nSPS) is 10.3. The van der Waals surface area contributed by atoms with Crippen LogP contribution in [-0.2, 0) is 4.79 Å². The summed E-state index contributed by atoms with van der Waals surface area (Å²) in [7, 11) is 0. The van der Waals surface area contributed by atoms with E-state index in [1.165, 1.54) is 30.0 Å². The number of benzene rings is 3. The third kappa shape index (κ3) is 5.84. The van der Waals surface area contributed by atoms with Gasteiger partial charge in [0.25, 0.3) is 5.91 Å². The molecule has 2 N–H and O–H groups in total. The Morgan fingerprint density at radius 3 is 2.53 bits per heavy atom. The van der Waals surface area contributed by atoms with Crippen LogP contribution < -0.4 is 15.4 Å². The van der Waals surface area contributed by atoms with Crippen LogP contribution >= 0.6 is 11.8 Å². The van der Waals surface area contributed by atoms with Crippen molar-refractivity contribution in [2.75, 3.05) is 23.0 Å². The van der Waals surface area contributed by atoms with E-state index in [9.17, 15) is 14.0 Å². The third-order valence-corrected chi connectivity index (χ3v) is 5.04. The van der Waals surface area contributed by atoms with Crippen LogP contribution in [0.1, 0.15) is 17.3 Å². The van der Waals surface area contributed by atoms with Gasteiger partial charge in [0.2, 0.25) is 5.91 Å². The fraction of sp³-hybridized carbons (Fsp3) is 0.130. The molecule has 0 unspecified atom stereocenters. The predicted molar refractivity (Wildman–Crippen MR) is 118 cm³/mol. The van der Waals surface area contributed by atoms with E-state index in [1.54, 1.807) is 36.4 Å². The van der Waals surface area contributed by atoms with Crippen LogP contribution in [0.5, 0.6) is 5.75 Å². The minimum Gasteiger partial charge on any atom is -0.492 e. The molecule has 0 bridgehead atoms. The highest BCUT2D eigenvalue weighted by atomic mass is 32.2. The van der Waals surface area contributed by atoms with Gasteiger partial charge in [0.15, 0.2) is 0 Å².